The zero-order chi connectivity index (χ0) is 9.84. The molecule has 0 unspecified atom stereocenters. The largest absolute Gasteiger partial charge is 0.229 e. The average Bonchev–Trinajstić information content (AvgIpc) is 2.04. The van der Waals surface area contributed by atoms with E-state index in [1.165, 1.54) is 6.33 Å². The molecule has 0 aliphatic carbocycles. The molecule has 5 heteroatoms. The van der Waals surface area contributed by atoms with Gasteiger partial charge in [0.15, 0.2) is 0 Å². The second-order valence-electron chi connectivity index (χ2n) is 2.63. The molecule has 0 fully saturated rings. The van der Waals surface area contributed by atoms with Crippen LogP contribution in [0.4, 0.5) is 0 Å². The lowest BCUT2D eigenvalue weighted by molar-refractivity contribution is 0.769. The normalized spacial score (nSPS) is 12.2. The summed E-state index contributed by atoms with van der Waals surface area (Å²) >= 11 is 9.14. The summed E-state index contributed by atoms with van der Waals surface area (Å²) in [5, 5.41) is 8.94. The Morgan fingerprint density at radius 2 is 2.38 bits per heavy atom. The van der Waals surface area contributed by atoms with Gasteiger partial charge in [0.25, 0.3) is 0 Å². The molecule has 0 saturated carbocycles. The zero-order valence-electron chi connectivity index (χ0n) is 6.96. The third-order valence-electron chi connectivity index (χ3n) is 1.68. The summed E-state index contributed by atoms with van der Waals surface area (Å²) in [6.45, 7) is 1.92. The third kappa shape index (κ3) is 2.39. The van der Waals surface area contributed by atoms with Gasteiger partial charge in [0, 0.05) is 12.0 Å². The van der Waals surface area contributed by atoms with Crippen LogP contribution in [0.5, 0.6) is 0 Å². The summed E-state index contributed by atoms with van der Waals surface area (Å²) in [6, 6.07) is 2.09. The van der Waals surface area contributed by atoms with E-state index in [4.69, 9.17) is 16.9 Å². The van der Waals surface area contributed by atoms with E-state index in [0.29, 0.717) is 16.2 Å². The van der Waals surface area contributed by atoms with E-state index in [0.717, 1.165) is 5.56 Å². The smallest absolute Gasteiger partial charge is 0.137 e. The molecule has 0 saturated heterocycles. The maximum Gasteiger partial charge on any atom is 0.137 e. The highest BCUT2D eigenvalue weighted by molar-refractivity contribution is 9.10. The molecule has 68 valence electrons. The lowest BCUT2D eigenvalue weighted by Crippen LogP contribution is -1.98. The van der Waals surface area contributed by atoms with E-state index >= 15 is 0 Å². The second-order valence-corrected chi connectivity index (χ2v) is 3.74. The first-order valence-corrected chi connectivity index (χ1v) is 4.86. The number of rotatable bonds is 2. The molecule has 13 heavy (non-hydrogen) atoms. The maximum atomic E-state index is 8.53. The maximum absolute atomic E-state index is 8.53. The van der Waals surface area contributed by atoms with Crippen molar-refractivity contribution in [3.05, 3.63) is 21.6 Å². The van der Waals surface area contributed by atoms with Gasteiger partial charge in [0.2, 0.25) is 0 Å². The highest BCUT2D eigenvalue weighted by Crippen LogP contribution is 2.29. The number of nitriles is 1. The van der Waals surface area contributed by atoms with Crippen molar-refractivity contribution in [1.29, 1.82) is 5.26 Å². The molecular weight excluding hydrogens is 253 g/mol. The van der Waals surface area contributed by atoms with E-state index in [1.54, 1.807) is 0 Å². The van der Waals surface area contributed by atoms with Crippen molar-refractivity contribution in [1.82, 2.24) is 9.97 Å². The van der Waals surface area contributed by atoms with Gasteiger partial charge in [0.05, 0.1) is 6.07 Å². The standard InChI is InChI=1S/C8H7BrClN3/c1-5(2-3-11)6-7(9)12-4-13-8(6)10/h4-5H,2H2,1H3/t5-/m1/s1. The third-order valence-corrected chi connectivity index (χ3v) is 2.61. The van der Waals surface area contributed by atoms with Crippen LogP contribution in [0.1, 0.15) is 24.8 Å². The van der Waals surface area contributed by atoms with Crippen LogP contribution < -0.4 is 0 Å². The Hall–Kier alpha value is -0.660. The van der Waals surface area contributed by atoms with Crippen LogP contribution in [0, 0.1) is 11.3 Å². The topological polar surface area (TPSA) is 49.6 Å². The van der Waals surface area contributed by atoms with Crippen LogP contribution >= 0.6 is 27.5 Å². The Kier molecular flexibility index (Phi) is 3.64. The lowest BCUT2D eigenvalue weighted by Gasteiger charge is -2.09. The van der Waals surface area contributed by atoms with Gasteiger partial charge in [-0.25, -0.2) is 9.97 Å². The van der Waals surface area contributed by atoms with Crippen molar-refractivity contribution in [3.63, 3.8) is 0 Å². The number of aromatic nitrogens is 2. The minimum absolute atomic E-state index is 0.0491. The van der Waals surface area contributed by atoms with Crippen LogP contribution in [-0.2, 0) is 0 Å². The summed E-state index contributed by atoms with van der Waals surface area (Å²) < 4.78 is 0.662. The molecule has 1 rings (SSSR count). The first kappa shape index (κ1) is 10.4. The van der Waals surface area contributed by atoms with Crippen molar-refractivity contribution in [2.75, 3.05) is 0 Å². The van der Waals surface area contributed by atoms with Crippen molar-refractivity contribution in [3.8, 4) is 6.07 Å². The number of hydrogen-bond donors (Lipinski definition) is 0. The Bertz CT molecular complexity index is 327. The van der Waals surface area contributed by atoms with Crippen LogP contribution in [0.15, 0.2) is 10.9 Å². The highest BCUT2D eigenvalue weighted by atomic mass is 79.9. The van der Waals surface area contributed by atoms with Gasteiger partial charge in [-0.05, 0) is 21.8 Å². The van der Waals surface area contributed by atoms with E-state index in [-0.39, 0.29) is 5.92 Å². The molecule has 0 aliphatic rings. The fourth-order valence-corrected chi connectivity index (χ4v) is 2.10. The van der Waals surface area contributed by atoms with Gasteiger partial charge < -0.3 is 0 Å². The molecule has 3 nitrogen and oxygen atoms in total. The molecular formula is C8H7BrClN3. The van der Waals surface area contributed by atoms with Crippen molar-refractivity contribution >= 4 is 27.5 Å². The van der Waals surface area contributed by atoms with E-state index < -0.39 is 0 Å². The molecule has 0 bridgehead atoms. The predicted octanol–water partition coefficient (Wildman–Crippen LogP) is 2.91. The van der Waals surface area contributed by atoms with Gasteiger partial charge in [-0.1, -0.05) is 18.5 Å². The first-order valence-electron chi connectivity index (χ1n) is 3.69. The minimum Gasteiger partial charge on any atom is -0.229 e. The molecule has 0 aromatic carbocycles. The highest BCUT2D eigenvalue weighted by Gasteiger charge is 2.14. The Labute approximate surface area is 89.9 Å². The molecule has 0 aliphatic heterocycles. The molecule has 0 spiro atoms. The van der Waals surface area contributed by atoms with E-state index in [2.05, 4.69) is 32.0 Å². The monoisotopic (exact) mass is 259 g/mol. The molecule has 1 aromatic heterocycles. The Morgan fingerprint density at radius 3 is 2.92 bits per heavy atom. The Morgan fingerprint density at radius 1 is 1.69 bits per heavy atom. The predicted molar refractivity (Wildman–Crippen MR) is 53.4 cm³/mol. The summed E-state index contributed by atoms with van der Waals surface area (Å²) in [5.41, 5.74) is 0.797. The van der Waals surface area contributed by atoms with Gasteiger partial charge in [-0.15, -0.1) is 0 Å². The average molecular weight is 261 g/mol. The van der Waals surface area contributed by atoms with Crippen LogP contribution in [0.25, 0.3) is 0 Å². The SMILES string of the molecule is C[C@H](CC#N)c1c(Cl)ncnc1Br. The van der Waals surface area contributed by atoms with Crippen LogP contribution in [0.3, 0.4) is 0 Å². The first-order chi connectivity index (χ1) is 6.16. The summed E-state index contributed by atoms with van der Waals surface area (Å²) in [6.07, 6.45) is 1.79. The summed E-state index contributed by atoms with van der Waals surface area (Å²) in [7, 11) is 0. The molecule has 0 radical (unpaired) electrons. The van der Waals surface area contributed by atoms with Gasteiger partial charge >= 0.3 is 0 Å². The lowest BCUT2D eigenvalue weighted by atomic mass is 10.0. The fraction of sp³-hybridized carbons (Fsp3) is 0.375. The number of hydrogen-bond acceptors (Lipinski definition) is 3. The number of nitrogens with zero attached hydrogens (tertiary/aromatic N) is 3. The summed E-state index contributed by atoms with van der Waals surface area (Å²) in [5.74, 6) is 0.0491. The molecule has 1 atom stereocenters. The Balaban J connectivity index is 3.06. The molecule has 1 heterocycles. The van der Waals surface area contributed by atoms with Crippen LogP contribution in [-0.4, -0.2) is 9.97 Å². The van der Waals surface area contributed by atoms with Gasteiger partial charge in [0.1, 0.15) is 16.1 Å². The van der Waals surface area contributed by atoms with Crippen molar-refractivity contribution < 1.29 is 0 Å². The molecule has 0 amide bonds. The quantitative estimate of drug-likeness (QED) is 0.768. The van der Waals surface area contributed by atoms with Crippen molar-refractivity contribution in [2.24, 2.45) is 0 Å². The zero-order valence-corrected chi connectivity index (χ0v) is 9.30. The number of halogens is 2. The fourth-order valence-electron chi connectivity index (χ4n) is 1.00. The van der Waals surface area contributed by atoms with E-state index in [9.17, 15) is 0 Å². The van der Waals surface area contributed by atoms with Crippen molar-refractivity contribution in [2.45, 2.75) is 19.3 Å². The minimum atomic E-state index is 0.0491. The molecule has 0 N–H and O–H groups in total. The van der Waals surface area contributed by atoms with Gasteiger partial charge in [-0.3, -0.25) is 0 Å². The van der Waals surface area contributed by atoms with Crippen LogP contribution in [0.2, 0.25) is 5.15 Å². The van der Waals surface area contributed by atoms with E-state index in [1.807, 2.05) is 6.92 Å². The molecule has 1 aromatic rings. The second kappa shape index (κ2) is 4.54. The van der Waals surface area contributed by atoms with Gasteiger partial charge in [-0.2, -0.15) is 5.26 Å². The summed E-state index contributed by atoms with van der Waals surface area (Å²) in [4.78, 5) is 7.81.